The van der Waals surface area contributed by atoms with Crippen LogP contribution in [0.2, 0.25) is 0 Å². The largest absolute Gasteiger partial charge is 0.323 e. The molecule has 0 atom stereocenters. The van der Waals surface area contributed by atoms with E-state index in [1.807, 2.05) is 4.90 Å². The van der Waals surface area contributed by atoms with Crippen LogP contribution in [0.3, 0.4) is 0 Å². The van der Waals surface area contributed by atoms with Gasteiger partial charge in [0.15, 0.2) is 4.96 Å². The second-order valence-corrected chi connectivity index (χ2v) is 7.26. The van der Waals surface area contributed by atoms with Crippen LogP contribution in [0.5, 0.6) is 0 Å². The molecule has 0 radical (unpaired) electrons. The molecule has 2 saturated heterocycles. The summed E-state index contributed by atoms with van der Waals surface area (Å²) in [6, 6.07) is 0.654. The number of amides is 2. The number of hydrogen-bond acceptors (Lipinski definition) is 4. The van der Waals surface area contributed by atoms with Gasteiger partial charge in [-0.1, -0.05) is 0 Å². The predicted octanol–water partition coefficient (Wildman–Crippen LogP) is 2.12. The zero-order valence-electron chi connectivity index (χ0n) is 13.5. The fourth-order valence-electron chi connectivity index (χ4n) is 3.70. The maximum Gasteiger partial charge on any atom is 0.320 e. The molecule has 0 aliphatic carbocycles. The Morgan fingerprint density at radius 3 is 2.78 bits per heavy atom. The second-order valence-electron chi connectivity index (χ2n) is 6.39. The molecule has 4 heterocycles. The van der Waals surface area contributed by atoms with Gasteiger partial charge in [-0.3, -0.25) is 9.30 Å². The van der Waals surface area contributed by atoms with Gasteiger partial charge >= 0.3 is 6.03 Å². The number of urea groups is 1. The summed E-state index contributed by atoms with van der Waals surface area (Å²) in [5.41, 5.74) is 1.14. The average molecular weight is 333 g/mol. The van der Waals surface area contributed by atoms with Gasteiger partial charge in [-0.2, -0.15) is 0 Å². The standard InChI is InChI=1S/C16H23N5OS/c1-2-19-7-8-21(16(19)22)14-3-5-18(6-4-14)11-13-12-20-9-10-23-15(20)17-13/h9-10,12,14H,2-8,11H2,1H3. The highest BCUT2D eigenvalue weighted by molar-refractivity contribution is 7.15. The third kappa shape index (κ3) is 2.83. The second kappa shape index (κ2) is 6.13. The van der Waals surface area contributed by atoms with Crippen molar-refractivity contribution in [2.45, 2.75) is 32.4 Å². The van der Waals surface area contributed by atoms with Gasteiger partial charge < -0.3 is 9.80 Å². The molecular weight excluding hydrogens is 310 g/mol. The average Bonchev–Trinajstić information content (AvgIpc) is 3.23. The molecule has 23 heavy (non-hydrogen) atoms. The van der Waals surface area contributed by atoms with E-state index in [1.165, 1.54) is 0 Å². The number of aromatic nitrogens is 2. The lowest BCUT2D eigenvalue weighted by molar-refractivity contribution is 0.126. The van der Waals surface area contributed by atoms with Crippen molar-refractivity contribution < 1.29 is 4.79 Å². The number of rotatable bonds is 4. The van der Waals surface area contributed by atoms with Crippen LogP contribution in [0.25, 0.3) is 4.96 Å². The molecule has 7 heteroatoms. The molecule has 0 N–H and O–H groups in total. The fraction of sp³-hybridized carbons (Fsp3) is 0.625. The lowest BCUT2D eigenvalue weighted by Gasteiger charge is -2.36. The van der Waals surface area contributed by atoms with Crippen molar-refractivity contribution in [2.75, 3.05) is 32.7 Å². The molecule has 2 amide bonds. The summed E-state index contributed by atoms with van der Waals surface area (Å²) < 4.78 is 2.09. The number of carbonyl (C=O) groups excluding carboxylic acids is 1. The van der Waals surface area contributed by atoms with E-state index in [0.717, 1.165) is 62.8 Å². The highest BCUT2D eigenvalue weighted by Crippen LogP contribution is 2.22. The Morgan fingerprint density at radius 2 is 2.09 bits per heavy atom. The first-order chi connectivity index (χ1) is 11.2. The molecule has 2 aromatic rings. The first kappa shape index (κ1) is 15.0. The van der Waals surface area contributed by atoms with Gasteiger partial charge in [-0.15, -0.1) is 11.3 Å². The molecule has 2 aliphatic heterocycles. The number of fused-ring (bicyclic) bond motifs is 1. The van der Waals surface area contributed by atoms with Crippen LogP contribution in [0.1, 0.15) is 25.5 Å². The number of likely N-dealkylation sites (N-methyl/N-ethyl adjacent to an activating group) is 1. The highest BCUT2D eigenvalue weighted by Gasteiger charge is 2.34. The molecule has 4 rings (SSSR count). The minimum atomic E-state index is 0.236. The Kier molecular flexibility index (Phi) is 3.98. The highest BCUT2D eigenvalue weighted by atomic mass is 32.1. The Balaban J connectivity index is 1.32. The smallest absolute Gasteiger partial charge is 0.320 e. The summed E-state index contributed by atoms with van der Waals surface area (Å²) in [6.45, 7) is 7.68. The molecule has 0 aromatic carbocycles. The third-order valence-corrected chi connectivity index (χ3v) is 5.81. The van der Waals surface area contributed by atoms with Crippen LogP contribution >= 0.6 is 11.3 Å². The quantitative estimate of drug-likeness (QED) is 0.861. The van der Waals surface area contributed by atoms with Crippen molar-refractivity contribution >= 4 is 22.3 Å². The minimum Gasteiger partial charge on any atom is -0.323 e. The van der Waals surface area contributed by atoms with Gasteiger partial charge in [-0.25, -0.2) is 9.78 Å². The van der Waals surface area contributed by atoms with Crippen LogP contribution < -0.4 is 0 Å². The van der Waals surface area contributed by atoms with Crippen molar-refractivity contribution in [1.82, 2.24) is 24.1 Å². The lowest BCUT2D eigenvalue weighted by atomic mass is 10.0. The van der Waals surface area contributed by atoms with Crippen LogP contribution in [-0.4, -0.2) is 68.9 Å². The first-order valence-electron chi connectivity index (χ1n) is 8.43. The van der Waals surface area contributed by atoms with Crippen molar-refractivity contribution in [3.05, 3.63) is 23.5 Å². The fourth-order valence-corrected chi connectivity index (χ4v) is 4.42. The van der Waals surface area contributed by atoms with E-state index >= 15 is 0 Å². The van der Waals surface area contributed by atoms with E-state index in [0.29, 0.717) is 6.04 Å². The lowest BCUT2D eigenvalue weighted by Crippen LogP contribution is -2.46. The van der Waals surface area contributed by atoms with Gasteiger partial charge in [0.05, 0.1) is 5.69 Å². The molecule has 2 aromatic heterocycles. The Hall–Kier alpha value is -1.60. The molecule has 0 saturated carbocycles. The summed E-state index contributed by atoms with van der Waals surface area (Å²) in [4.78, 5) is 24.5. The third-order valence-electron chi connectivity index (χ3n) is 5.04. The molecule has 2 aliphatic rings. The van der Waals surface area contributed by atoms with Gasteiger partial charge in [-0.05, 0) is 19.8 Å². The SMILES string of the molecule is CCN1CCN(C2CCN(Cc3cn4ccsc4n3)CC2)C1=O. The predicted molar refractivity (Wildman–Crippen MR) is 90.7 cm³/mol. The van der Waals surface area contributed by atoms with Crippen LogP contribution in [0.4, 0.5) is 4.79 Å². The zero-order valence-corrected chi connectivity index (χ0v) is 14.3. The number of thiazole rings is 1. The Labute approximate surface area is 140 Å². The molecule has 0 unspecified atom stereocenters. The van der Waals surface area contributed by atoms with E-state index in [9.17, 15) is 4.79 Å². The summed E-state index contributed by atoms with van der Waals surface area (Å²) >= 11 is 1.67. The summed E-state index contributed by atoms with van der Waals surface area (Å²) in [6.07, 6.45) is 6.33. The number of piperidine rings is 1. The van der Waals surface area contributed by atoms with Crippen molar-refractivity contribution in [2.24, 2.45) is 0 Å². The molecule has 0 bridgehead atoms. The Bertz CT molecular complexity index is 659. The van der Waals surface area contributed by atoms with E-state index < -0.39 is 0 Å². The van der Waals surface area contributed by atoms with Gasteiger partial charge in [0.2, 0.25) is 0 Å². The van der Waals surface area contributed by atoms with Gasteiger partial charge in [0.1, 0.15) is 0 Å². The van der Waals surface area contributed by atoms with Crippen LogP contribution in [-0.2, 0) is 6.54 Å². The first-order valence-corrected chi connectivity index (χ1v) is 9.31. The van der Waals surface area contributed by atoms with Crippen molar-refractivity contribution in [1.29, 1.82) is 0 Å². The van der Waals surface area contributed by atoms with Crippen LogP contribution in [0.15, 0.2) is 17.8 Å². The summed E-state index contributed by atoms with van der Waals surface area (Å²) in [7, 11) is 0. The monoisotopic (exact) mass is 333 g/mol. The number of imidazole rings is 1. The molecule has 124 valence electrons. The van der Waals surface area contributed by atoms with Gasteiger partial charge in [0, 0.05) is 63.1 Å². The molecule has 0 spiro atoms. The number of likely N-dealkylation sites (tertiary alicyclic amines) is 1. The normalized spacial score (nSPS) is 21.0. The van der Waals surface area contributed by atoms with Crippen molar-refractivity contribution in [3.63, 3.8) is 0 Å². The maximum atomic E-state index is 12.3. The minimum absolute atomic E-state index is 0.236. The summed E-state index contributed by atoms with van der Waals surface area (Å²) in [5, 5.41) is 2.06. The van der Waals surface area contributed by atoms with Crippen molar-refractivity contribution in [3.8, 4) is 0 Å². The van der Waals surface area contributed by atoms with E-state index in [4.69, 9.17) is 0 Å². The number of hydrogen-bond donors (Lipinski definition) is 0. The zero-order chi connectivity index (χ0) is 15.8. The maximum absolute atomic E-state index is 12.3. The van der Waals surface area contributed by atoms with E-state index in [2.05, 4.69) is 43.9 Å². The molecule has 2 fully saturated rings. The Morgan fingerprint density at radius 1 is 1.26 bits per heavy atom. The van der Waals surface area contributed by atoms with E-state index in [-0.39, 0.29) is 6.03 Å². The van der Waals surface area contributed by atoms with Crippen LogP contribution in [0, 0.1) is 0 Å². The van der Waals surface area contributed by atoms with E-state index in [1.54, 1.807) is 11.3 Å². The topological polar surface area (TPSA) is 44.1 Å². The van der Waals surface area contributed by atoms with Gasteiger partial charge in [0.25, 0.3) is 0 Å². The number of carbonyl (C=O) groups is 1. The molecule has 6 nitrogen and oxygen atoms in total. The number of nitrogens with zero attached hydrogens (tertiary/aromatic N) is 5. The summed E-state index contributed by atoms with van der Waals surface area (Å²) in [5.74, 6) is 0. The molecular formula is C16H23N5OS.